The van der Waals surface area contributed by atoms with E-state index >= 15 is 0 Å². The topological polar surface area (TPSA) is 112 Å². The molecule has 5 aromatic rings. The lowest BCUT2D eigenvalue weighted by atomic mass is 9.76. The maximum Gasteiger partial charge on any atom is 0.163 e. The number of benzene rings is 2. The lowest BCUT2D eigenvalue weighted by Crippen LogP contribution is -2.46. The molecule has 2 saturated carbocycles. The van der Waals surface area contributed by atoms with Crippen LogP contribution in [0, 0.1) is 11.8 Å². The van der Waals surface area contributed by atoms with Crippen molar-refractivity contribution in [2.45, 2.75) is 82.6 Å². The van der Waals surface area contributed by atoms with Gasteiger partial charge in [0.15, 0.2) is 5.79 Å². The van der Waals surface area contributed by atoms with Crippen LogP contribution in [0.25, 0.3) is 22.1 Å². The molecule has 264 valence electrons. The van der Waals surface area contributed by atoms with Gasteiger partial charge in [-0.25, -0.2) is 15.0 Å². The Kier molecular flexibility index (Phi) is 8.99. The predicted octanol–water partition coefficient (Wildman–Crippen LogP) is 7.12. The maximum absolute atomic E-state index is 6.61. The first-order valence-electron chi connectivity index (χ1n) is 17.6. The van der Waals surface area contributed by atoms with Crippen LogP contribution in [0.15, 0.2) is 59.5 Å². The number of anilines is 1. The molecule has 4 heterocycles. The lowest BCUT2D eigenvalue weighted by molar-refractivity contribution is -0.161. The number of imidazole rings is 1. The molecule has 12 heteroatoms. The second kappa shape index (κ2) is 13.4. The van der Waals surface area contributed by atoms with Crippen LogP contribution in [0.4, 0.5) is 5.82 Å². The molecule has 1 aliphatic heterocycles. The summed E-state index contributed by atoms with van der Waals surface area (Å²) in [4.78, 5) is 20.2. The molecule has 0 amide bonds. The van der Waals surface area contributed by atoms with E-state index < -0.39 is 5.79 Å². The number of fused-ring (bicyclic) bond motifs is 3. The third-order valence-corrected chi connectivity index (χ3v) is 11.5. The fourth-order valence-electron chi connectivity index (χ4n) is 8.37. The SMILES string of the molecule is COc1ccc(CNc2ncnc3c2ccn3[C@@H]2C[C@H](CN(C)C3CC(CCc4nc5ccc(Br)cc5[nH]4)C3)[C@H]3OC(C)(C)O[C@H]32)c(OC)c1. The van der Waals surface area contributed by atoms with Crippen molar-refractivity contribution >= 4 is 43.8 Å². The summed E-state index contributed by atoms with van der Waals surface area (Å²) in [5.74, 6) is 3.86. The summed E-state index contributed by atoms with van der Waals surface area (Å²) in [5.41, 5.74) is 4.04. The molecule has 3 fully saturated rings. The van der Waals surface area contributed by atoms with Crippen molar-refractivity contribution in [3.8, 4) is 11.5 Å². The van der Waals surface area contributed by atoms with Gasteiger partial charge in [0, 0.05) is 53.8 Å². The smallest absolute Gasteiger partial charge is 0.163 e. The highest BCUT2D eigenvalue weighted by atomic mass is 79.9. The summed E-state index contributed by atoms with van der Waals surface area (Å²) in [7, 11) is 5.61. The first-order chi connectivity index (χ1) is 24.2. The Morgan fingerprint density at radius 2 is 1.88 bits per heavy atom. The predicted molar refractivity (Wildman–Crippen MR) is 197 cm³/mol. The van der Waals surface area contributed by atoms with E-state index in [9.17, 15) is 0 Å². The largest absolute Gasteiger partial charge is 0.497 e. The molecule has 50 heavy (non-hydrogen) atoms. The summed E-state index contributed by atoms with van der Waals surface area (Å²) >= 11 is 3.56. The number of nitrogens with one attached hydrogen (secondary N) is 2. The highest BCUT2D eigenvalue weighted by Crippen LogP contribution is 2.48. The number of halogens is 1. The minimum atomic E-state index is -0.624. The van der Waals surface area contributed by atoms with Crippen molar-refractivity contribution in [2.24, 2.45) is 11.8 Å². The van der Waals surface area contributed by atoms with Crippen molar-refractivity contribution in [2.75, 3.05) is 33.1 Å². The van der Waals surface area contributed by atoms with Crippen molar-refractivity contribution in [1.82, 2.24) is 29.4 Å². The molecule has 8 rings (SSSR count). The minimum Gasteiger partial charge on any atom is -0.497 e. The van der Waals surface area contributed by atoms with E-state index in [0.29, 0.717) is 18.5 Å². The quantitative estimate of drug-likeness (QED) is 0.138. The molecular formula is C38H46BrN7O4. The maximum atomic E-state index is 6.61. The molecule has 0 radical (unpaired) electrons. The summed E-state index contributed by atoms with van der Waals surface area (Å²) in [6, 6.07) is 14.9. The molecule has 3 aliphatic rings. The molecule has 2 N–H and O–H groups in total. The van der Waals surface area contributed by atoms with Crippen LogP contribution in [-0.4, -0.2) is 81.3 Å². The molecule has 2 aromatic carbocycles. The third-order valence-electron chi connectivity index (χ3n) is 11.0. The van der Waals surface area contributed by atoms with E-state index in [4.69, 9.17) is 28.9 Å². The Bertz CT molecular complexity index is 1990. The van der Waals surface area contributed by atoms with E-state index in [1.165, 1.54) is 19.3 Å². The monoisotopic (exact) mass is 743 g/mol. The van der Waals surface area contributed by atoms with Crippen LogP contribution in [-0.2, 0) is 22.4 Å². The van der Waals surface area contributed by atoms with Gasteiger partial charge in [-0.15, -0.1) is 0 Å². The number of aromatic amines is 1. The van der Waals surface area contributed by atoms with Gasteiger partial charge < -0.3 is 38.7 Å². The van der Waals surface area contributed by atoms with Crippen LogP contribution < -0.4 is 14.8 Å². The first-order valence-corrected chi connectivity index (χ1v) is 18.4. The van der Waals surface area contributed by atoms with Crippen LogP contribution in [0.3, 0.4) is 0 Å². The number of aryl methyl sites for hydroxylation is 1. The van der Waals surface area contributed by atoms with Crippen LogP contribution in [0.5, 0.6) is 11.5 Å². The van der Waals surface area contributed by atoms with E-state index in [0.717, 1.165) is 80.5 Å². The summed E-state index contributed by atoms with van der Waals surface area (Å²) in [5, 5.41) is 4.49. The van der Waals surface area contributed by atoms with Gasteiger partial charge in [-0.2, -0.15) is 0 Å². The molecule has 2 aliphatic carbocycles. The van der Waals surface area contributed by atoms with Crippen molar-refractivity contribution < 1.29 is 18.9 Å². The highest BCUT2D eigenvalue weighted by Gasteiger charge is 2.55. The van der Waals surface area contributed by atoms with Gasteiger partial charge >= 0.3 is 0 Å². The van der Waals surface area contributed by atoms with Crippen LogP contribution >= 0.6 is 15.9 Å². The van der Waals surface area contributed by atoms with Crippen molar-refractivity contribution in [3.05, 3.63) is 70.8 Å². The molecule has 0 bridgehead atoms. The van der Waals surface area contributed by atoms with E-state index in [1.807, 2.05) is 38.1 Å². The zero-order valence-electron chi connectivity index (χ0n) is 29.4. The molecule has 11 nitrogen and oxygen atoms in total. The zero-order chi connectivity index (χ0) is 34.6. The molecule has 0 unspecified atom stereocenters. The summed E-state index contributed by atoms with van der Waals surface area (Å²) in [6.07, 6.45) is 9.34. The average molecular weight is 745 g/mol. The Hall–Kier alpha value is -3.71. The standard InChI is InChI=1S/C38H46BrN7O4/c1-38(2)49-34-24(20-45(3)26-14-22(15-26)6-11-33-43-29-10-8-25(39)17-30(29)44-33)16-31(35(34)50-38)46-13-12-28-36(41-21-42-37(28)46)40-19-23-7-9-27(47-4)18-32(23)48-5/h7-10,12-13,17-18,21-22,24,26,31,34-35H,6,11,14-16,19-20H2,1-5H3,(H,43,44)(H,40,41,42)/t22?,24-,26?,31-,34-,35+/m1/s1. The van der Waals surface area contributed by atoms with E-state index in [-0.39, 0.29) is 18.2 Å². The van der Waals surface area contributed by atoms with Gasteiger partial charge in [0.25, 0.3) is 0 Å². The second-order valence-corrected chi connectivity index (χ2v) is 15.6. The minimum absolute atomic E-state index is 0.0286. The number of H-pyrrole nitrogens is 1. The number of hydrogen-bond acceptors (Lipinski definition) is 9. The number of nitrogens with zero attached hydrogens (tertiary/aromatic N) is 5. The summed E-state index contributed by atoms with van der Waals surface area (Å²) in [6.45, 7) is 5.60. The van der Waals surface area contributed by atoms with Gasteiger partial charge in [0.05, 0.1) is 42.8 Å². The van der Waals surface area contributed by atoms with Gasteiger partial charge in [-0.05, 0) is 88.9 Å². The van der Waals surface area contributed by atoms with E-state index in [1.54, 1.807) is 20.5 Å². The zero-order valence-corrected chi connectivity index (χ0v) is 30.9. The van der Waals surface area contributed by atoms with Crippen LogP contribution in [0.1, 0.15) is 57.0 Å². The molecule has 4 atom stereocenters. The fraction of sp³-hybridized carbons (Fsp3) is 0.500. The fourth-order valence-corrected chi connectivity index (χ4v) is 8.73. The number of hydrogen-bond donors (Lipinski definition) is 2. The Morgan fingerprint density at radius 3 is 2.70 bits per heavy atom. The average Bonchev–Trinajstić information content (AvgIpc) is 3.84. The third kappa shape index (κ3) is 6.47. The number of ether oxygens (including phenoxy) is 4. The number of rotatable bonds is 12. The van der Waals surface area contributed by atoms with E-state index in [2.05, 4.69) is 72.1 Å². The van der Waals surface area contributed by atoms with Crippen molar-refractivity contribution in [3.63, 3.8) is 0 Å². The number of aromatic nitrogens is 5. The Labute approximate surface area is 301 Å². The van der Waals surface area contributed by atoms with Gasteiger partial charge in [-0.1, -0.05) is 15.9 Å². The summed E-state index contributed by atoms with van der Waals surface area (Å²) < 4.78 is 27.6. The highest BCUT2D eigenvalue weighted by molar-refractivity contribution is 9.10. The Balaban J connectivity index is 0.918. The van der Waals surface area contributed by atoms with Gasteiger partial charge in [-0.3, -0.25) is 0 Å². The number of methoxy groups -OCH3 is 2. The van der Waals surface area contributed by atoms with Gasteiger partial charge in [0.1, 0.15) is 41.2 Å². The molecule has 0 spiro atoms. The van der Waals surface area contributed by atoms with Gasteiger partial charge in [0.2, 0.25) is 0 Å². The Morgan fingerprint density at radius 1 is 1.04 bits per heavy atom. The second-order valence-electron chi connectivity index (χ2n) is 14.7. The van der Waals surface area contributed by atoms with Crippen molar-refractivity contribution in [1.29, 1.82) is 0 Å². The first kappa shape index (κ1) is 33.4. The molecular weight excluding hydrogens is 698 g/mol. The molecule has 1 saturated heterocycles. The van der Waals surface area contributed by atoms with Crippen LogP contribution in [0.2, 0.25) is 0 Å². The normalized spacial score (nSPS) is 25.7. The lowest BCUT2D eigenvalue weighted by Gasteiger charge is -2.42. The molecule has 3 aromatic heterocycles.